The molecule has 0 fully saturated rings. The molecule has 0 radical (unpaired) electrons. The Balaban J connectivity index is 1.94. The van der Waals surface area contributed by atoms with Gasteiger partial charge in [0.1, 0.15) is 11.5 Å². The van der Waals surface area contributed by atoms with Gasteiger partial charge in [-0.05, 0) is 54.8 Å². The monoisotopic (exact) mass is 256 g/mol. The van der Waals surface area contributed by atoms with Gasteiger partial charge in [-0.1, -0.05) is 18.2 Å². The molecule has 2 nitrogen and oxygen atoms in total. The van der Waals surface area contributed by atoms with Crippen LogP contribution >= 0.6 is 0 Å². The third-order valence-electron chi connectivity index (χ3n) is 3.00. The van der Waals surface area contributed by atoms with E-state index in [4.69, 9.17) is 9.47 Å². The van der Waals surface area contributed by atoms with Crippen LogP contribution in [0.15, 0.2) is 42.5 Å². The molecule has 0 aliphatic carbocycles. The van der Waals surface area contributed by atoms with Gasteiger partial charge >= 0.3 is 0 Å². The predicted molar refractivity (Wildman–Crippen MR) is 78.1 cm³/mol. The molecule has 0 aliphatic rings. The Morgan fingerprint density at radius 2 is 1.68 bits per heavy atom. The molecule has 2 aromatic carbocycles. The van der Waals surface area contributed by atoms with Crippen LogP contribution in [0.3, 0.4) is 0 Å². The normalized spacial score (nSPS) is 10.3. The zero-order chi connectivity index (χ0) is 13.7. The van der Waals surface area contributed by atoms with Gasteiger partial charge in [-0.15, -0.1) is 0 Å². The average molecular weight is 256 g/mol. The first kappa shape index (κ1) is 13.5. The van der Waals surface area contributed by atoms with E-state index in [1.807, 2.05) is 18.2 Å². The van der Waals surface area contributed by atoms with Crippen molar-refractivity contribution in [1.82, 2.24) is 0 Å². The van der Waals surface area contributed by atoms with E-state index in [0.29, 0.717) is 6.61 Å². The molecule has 0 spiro atoms. The summed E-state index contributed by atoms with van der Waals surface area (Å²) in [7, 11) is 1.70. The average Bonchev–Trinajstić information content (AvgIpc) is 2.38. The molecular formula is C17H20O2. The fourth-order valence-electron chi connectivity index (χ4n) is 2.08. The molecule has 0 unspecified atom stereocenters. The van der Waals surface area contributed by atoms with Crippen molar-refractivity contribution < 1.29 is 9.47 Å². The molecule has 2 heteroatoms. The van der Waals surface area contributed by atoms with Gasteiger partial charge in [-0.3, -0.25) is 0 Å². The van der Waals surface area contributed by atoms with Crippen molar-refractivity contribution in [2.45, 2.75) is 20.3 Å². The van der Waals surface area contributed by atoms with Crippen LogP contribution in [0.2, 0.25) is 0 Å². The van der Waals surface area contributed by atoms with Crippen LogP contribution in [0.25, 0.3) is 0 Å². The van der Waals surface area contributed by atoms with Crippen LogP contribution in [-0.4, -0.2) is 13.7 Å². The van der Waals surface area contributed by atoms with Gasteiger partial charge in [0, 0.05) is 6.42 Å². The summed E-state index contributed by atoms with van der Waals surface area (Å²) in [5.74, 6) is 1.84. The Bertz CT molecular complexity index is 547. The van der Waals surface area contributed by atoms with Gasteiger partial charge in [0.15, 0.2) is 0 Å². The molecule has 0 N–H and O–H groups in total. The summed E-state index contributed by atoms with van der Waals surface area (Å²) >= 11 is 0. The quantitative estimate of drug-likeness (QED) is 0.807. The summed E-state index contributed by atoms with van der Waals surface area (Å²) in [6.07, 6.45) is 0.881. The Morgan fingerprint density at radius 1 is 0.895 bits per heavy atom. The van der Waals surface area contributed by atoms with Crippen molar-refractivity contribution in [1.29, 1.82) is 0 Å². The first-order valence-electron chi connectivity index (χ1n) is 6.51. The highest BCUT2D eigenvalue weighted by Crippen LogP contribution is 2.18. The van der Waals surface area contributed by atoms with Crippen molar-refractivity contribution in [3.05, 3.63) is 59.2 Å². The van der Waals surface area contributed by atoms with E-state index in [-0.39, 0.29) is 0 Å². The molecule has 0 bridgehead atoms. The number of ether oxygens (including phenoxy) is 2. The summed E-state index contributed by atoms with van der Waals surface area (Å²) < 4.78 is 11.0. The van der Waals surface area contributed by atoms with E-state index < -0.39 is 0 Å². The van der Waals surface area contributed by atoms with E-state index in [1.165, 1.54) is 16.7 Å². The number of aryl methyl sites for hydroxylation is 2. The Hall–Kier alpha value is -1.96. The van der Waals surface area contributed by atoms with Gasteiger partial charge in [0.05, 0.1) is 13.7 Å². The Labute approximate surface area is 115 Å². The molecular weight excluding hydrogens is 236 g/mol. The minimum Gasteiger partial charge on any atom is -0.497 e. The minimum absolute atomic E-state index is 0.677. The standard InChI is InChI=1S/C17H20O2/c1-13-5-4-6-16(10-13)19-8-7-15-9-14(2)11-17(12-15)18-3/h4-6,9-12H,7-8H2,1-3H3. The number of benzene rings is 2. The summed E-state index contributed by atoms with van der Waals surface area (Å²) in [6, 6.07) is 14.4. The van der Waals surface area contributed by atoms with Gasteiger partial charge in [-0.25, -0.2) is 0 Å². The van der Waals surface area contributed by atoms with Gasteiger partial charge < -0.3 is 9.47 Å². The van der Waals surface area contributed by atoms with Crippen LogP contribution in [0.4, 0.5) is 0 Å². The third kappa shape index (κ3) is 4.02. The van der Waals surface area contributed by atoms with Crippen LogP contribution in [0.1, 0.15) is 16.7 Å². The molecule has 0 aliphatic heterocycles. The maximum Gasteiger partial charge on any atom is 0.119 e. The molecule has 0 aromatic heterocycles. The van der Waals surface area contributed by atoms with Crippen LogP contribution in [0.5, 0.6) is 11.5 Å². The first-order chi connectivity index (χ1) is 9.17. The van der Waals surface area contributed by atoms with E-state index in [2.05, 4.69) is 38.1 Å². The Kier molecular flexibility index (Phi) is 4.45. The van der Waals surface area contributed by atoms with Crippen molar-refractivity contribution in [3.8, 4) is 11.5 Å². The third-order valence-corrected chi connectivity index (χ3v) is 3.00. The van der Waals surface area contributed by atoms with Crippen LogP contribution in [-0.2, 0) is 6.42 Å². The predicted octanol–water partition coefficient (Wildman–Crippen LogP) is 3.93. The van der Waals surface area contributed by atoms with Gasteiger partial charge in [-0.2, -0.15) is 0 Å². The maximum atomic E-state index is 5.76. The molecule has 19 heavy (non-hydrogen) atoms. The molecule has 0 heterocycles. The van der Waals surface area contributed by atoms with Crippen molar-refractivity contribution in [3.63, 3.8) is 0 Å². The fraction of sp³-hybridized carbons (Fsp3) is 0.294. The smallest absolute Gasteiger partial charge is 0.119 e. The largest absolute Gasteiger partial charge is 0.497 e. The highest BCUT2D eigenvalue weighted by Gasteiger charge is 2.00. The maximum absolute atomic E-state index is 5.76. The highest BCUT2D eigenvalue weighted by molar-refractivity contribution is 5.34. The second-order valence-corrected chi connectivity index (χ2v) is 4.77. The highest BCUT2D eigenvalue weighted by atomic mass is 16.5. The van der Waals surface area contributed by atoms with Gasteiger partial charge in [0.2, 0.25) is 0 Å². The molecule has 2 rings (SSSR count). The van der Waals surface area contributed by atoms with Gasteiger partial charge in [0.25, 0.3) is 0 Å². The summed E-state index contributed by atoms with van der Waals surface area (Å²) in [4.78, 5) is 0. The van der Waals surface area contributed by atoms with Crippen LogP contribution < -0.4 is 9.47 Å². The molecule has 2 aromatic rings. The SMILES string of the molecule is COc1cc(C)cc(CCOc2cccc(C)c2)c1. The minimum atomic E-state index is 0.677. The topological polar surface area (TPSA) is 18.5 Å². The molecule has 100 valence electrons. The summed E-state index contributed by atoms with van der Waals surface area (Å²) in [6.45, 7) is 4.82. The lowest BCUT2D eigenvalue weighted by atomic mass is 10.1. The van der Waals surface area contributed by atoms with E-state index >= 15 is 0 Å². The van der Waals surface area contributed by atoms with E-state index in [9.17, 15) is 0 Å². The zero-order valence-corrected chi connectivity index (χ0v) is 11.8. The Morgan fingerprint density at radius 3 is 2.42 bits per heavy atom. The molecule has 0 atom stereocenters. The van der Waals surface area contributed by atoms with E-state index in [0.717, 1.165) is 17.9 Å². The van der Waals surface area contributed by atoms with Crippen molar-refractivity contribution >= 4 is 0 Å². The lowest BCUT2D eigenvalue weighted by molar-refractivity contribution is 0.321. The lowest BCUT2D eigenvalue weighted by Gasteiger charge is -2.09. The number of methoxy groups -OCH3 is 1. The van der Waals surface area contributed by atoms with Crippen molar-refractivity contribution in [2.24, 2.45) is 0 Å². The zero-order valence-electron chi connectivity index (χ0n) is 11.8. The first-order valence-corrected chi connectivity index (χ1v) is 6.51. The molecule has 0 amide bonds. The molecule has 0 saturated carbocycles. The van der Waals surface area contributed by atoms with E-state index in [1.54, 1.807) is 7.11 Å². The van der Waals surface area contributed by atoms with Crippen LogP contribution in [0, 0.1) is 13.8 Å². The number of rotatable bonds is 5. The second-order valence-electron chi connectivity index (χ2n) is 4.77. The second kappa shape index (κ2) is 6.28. The van der Waals surface area contributed by atoms with Crippen molar-refractivity contribution in [2.75, 3.05) is 13.7 Å². The fourth-order valence-corrected chi connectivity index (χ4v) is 2.08. The lowest BCUT2D eigenvalue weighted by Crippen LogP contribution is -2.02. The summed E-state index contributed by atoms with van der Waals surface area (Å²) in [5.41, 5.74) is 3.67. The summed E-state index contributed by atoms with van der Waals surface area (Å²) in [5, 5.41) is 0. The number of hydrogen-bond donors (Lipinski definition) is 0. The molecule has 0 saturated heterocycles. The number of hydrogen-bond acceptors (Lipinski definition) is 2.